The van der Waals surface area contributed by atoms with E-state index in [-0.39, 0.29) is 11.1 Å². The van der Waals surface area contributed by atoms with Crippen molar-refractivity contribution in [2.45, 2.75) is 32.1 Å². The Balaban J connectivity index is 1.97. The van der Waals surface area contributed by atoms with Crippen LogP contribution in [-0.4, -0.2) is 21.3 Å². The maximum absolute atomic E-state index is 11.8. The number of carboxylic acids is 1. The lowest BCUT2D eigenvalue weighted by atomic mass is 9.90. The molecule has 1 aliphatic rings. The highest BCUT2D eigenvalue weighted by molar-refractivity contribution is 5.87. The fraction of sp³-hybridized carbons (Fsp3) is 0.312. The molecule has 2 aromatic rings. The molecule has 0 atom stereocenters. The maximum atomic E-state index is 11.8. The molecule has 5 nitrogen and oxygen atoms in total. The predicted molar refractivity (Wildman–Crippen MR) is 77.7 cm³/mol. The van der Waals surface area contributed by atoms with Crippen molar-refractivity contribution in [1.82, 2.24) is 10.2 Å². The third-order valence-electron chi connectivity index (χ3n) is 3.93. The lowest BCUT2D eigenvalue weighted by Gasteiger charge is -2.17. The van der Waals surface area contributed by atoms with Crippen molar-refractivity contribution in [2.75, 3.05) is 0 Å². The fourth-order valence-electron chi connectivity index (χ4n) is 2.88. The van der Waals surface area contributed by atoms with Crippen molar-refractivity contribution in [1.29, 1.82) is 0 Å². The molecule has 0 spiro atoms. The summed E-state index contributed by atoms with van der Waals surface area (Å²) < 4.78 is 0. The maximum Gasteiger partial charge on any atom is 0.335 e. The monoisotopic (exact) mass is 284 g/mol. The zero-order valence-electron chi connectivity index (χ0n) is 11.6. The van der Waals surface area contributed by atoms with Gasteiger partial charge in [-0.15, -0.1) is 0 Å². The third kappa shape index (κ3) is 2.72. The van der Waals surface area contributed by atoms with Gasteiger partial charge in [-0.3, -0.25) is 4.79 Å². The van der Waals surface area contributed by atoms with Crippen molar-refractivity contribution in [3.63, 3.8) is 0 Å². The first-order valence-corrected chi connectivity index (χ1v) is 7.06. The molecule has 5 heteroatoms. The largest absolute Gasteiger partial charge is 0.478 e. The van der Waals surface area contributed by atoms with Crippen molar-refractivity contribution < 1.29 is 9.90 Å². The van der Waals surface area contributed by atoms with E-state index < -0.39 is 5.97 Å². The lowest BCUT2D eigenvalue weighted by molar-refractivity contribution is 0.0697. The topological polar surface area (TPSA) is 83.0 Å². The van der Waals surface area contributed by atoms with Crippen LogP contribution in [0.1, 0.15) is 45.6 Å². The number of aromatic amines is 1. The van der Waals surface area contributed by atoms with E-state index in [0.29, 0.717) is 6.42 Å². The van der Waals surface area contributed by atoms with E-state index >= 15 is 0 Å². The van der Waals surface area contributed by atoms with Gasteiger partial charge in [0.15, 0.2) is 0 Å². The van der Waals surface area contributed by atoms with E-state index in [1.165, 1.54) is 0 Å². The van der Waals surface area contributed by atoms with Crippen LogP contribution in [0.15, 0.2) is 29.1 Å². The van der Waals surface area contributed by atoms with Crippen molar-refractivity contribution >= 4 is 5.97 Å². The molecule has 0 bridgehead atoms. The molecule has 0 radical (unpaired) electrons. The zero-order valence-corrected chi connectivity index (χ0v) is 11.6. The van der Waals surface area contributed by atoms with Crippen LogP contribution in [0.5, 0.6) is 0 Å². The van der Waals surface area contributed by atoms with Crippen LogP contribution in [0.2, 0.25) is 0 Å². The zero-order chi connectivity index (χ0) is 14.8. The molecule has 0 fully saturated rings. The van der Waals surface area contributed by atoms with Crippen molar-refractivity contribution in [3.8, 4) is 0 Å². The molecule has 1 aromatic carbocycles. The Labute approximate surface area is 121 Å². The molecular formula is C16H16N2O3. The van der Waals surface area contributed by atoms with Crippen molar-refractivity contribution in [3.05, 3.63) is 62.6 Å². The van der Waals surface area contributed by atoms with Gasteiger partial charge < -0.3 is 5.11 Å². The SMILES string of the molecule is O=C(O)c1cccc(Cc2n[nH]c(=O)c3c2CCCC3)c1. The molecule has 0 saturated carbocycles. The first-order valence-electron chi connectivity index (χ1n) is 7.06. The number of fused-ring (bicyclic) bond motifs is 1. The highest BCUT2D eigenvalue weighted by Crippen LogP contribution is 2.22. The summed E-state index contributed by atoms with van der Waals surface area (Å²) in [4.78, 5) is 22.8. The fourth-order valence-corrected chi connectivity index (χ4v) is 2.88. The second kappa shape index (κ2) is 5.52. The number of aromatic carboxylic acids is 1. The number of nitrogens with zero attached hydrogens (tertiary/aromatic N) is 1. The van der Waals surface area contributed by atoms with E-state index in [1.54, 1.807) is 18.2 Å². The number of H-pyrrole nitrogens is 1. The molecule has 0 saturated heterocycles. The van der Waals surface area contributed by atoms with Gasteiger partial charge in [-0.1, -0.05) is 12.1 Å². The van der Waals surface area contributed by atoms with E-state index in [2.05, 4.69) is 10.2 Å². The Morgan fingerprint density at radius 2 is 2.00 bits per heavy atom. The number of benzene rings is 1. The average molecular weight is 284 g/mol. The third-order valence-corrected chi connectivity index (χ3v) is 3.93. The van der Waals surface area contributed by atoms with Gasteiger partial charge in [-0.2, -0.15) is 5.10 Å². The number of carbonyl (C=O) groups is 1. The van der Waals surface area contributed by atoms with Gasteiger partial charge in [0.05, 0.1) is 11.3 Å². The smallest absolute Gasteiger partial charge is 0.335 e. The summed E-state index contributed by atoms with van der Waals surface area (Å²) in [6.45, 7) is 0. The van der Waals surface area contributed by atoms with Crippen LogP contribution < -0.4 is 5.56 Å². The summed E-state index contributed by atoms with van der Waals surface area (Å²) in [5, 5.41) is 15.8. The van der Waals surface area contributed by atoms with Gasteiger partial charge in [-0.05, 0) is 48.9 Å². The molecule has 0 aliphatic heterocycles. The second-order valence-corrected chi connectivity index (χ2v) is 5.35. The summed E-state index contributed by atoms with van der Waals surface area (Å²) in [6, 6.07) is 6.84. The Kier molecular flexibility index (Phi) is 3.56. The van der Waals surface area contributed by atoms with E-state index in [0.717, 1.165) is 48.1 Å². The van der Waals surface area contributed by atoms with Crippen LogP contribution in [0, 0.1) is 0 Å². The Morgan fingerprint density at radius 3 is 2.76 bits per heavy atom. The quantitative estimate of drug-likeness (QED) is 0.902. The number of aromatic nitrogens is 2. The number of hydrogen-bond donors (Lipinski definition) is 2. The minimum atomic E-state index is -0.937. The summed E-state index contributed by atoms with van der Waals surface area (Å²) in [6.07, 6.45) is 4.32. The lowest BCUT2D eigenvalue weighted by Crippen LogP contribution is -2.23. The van der Waals surface area contributed by atoms with Gasteiger partial charge in [0.2, 0.25) is 0 Å². The molecule has 1 aromatic heterocycles. The highest BCUT2D eigenvalue weighted by atomic mass is 16.4. The van der Waals surface area contributed by atoms with Gasteiger partial charge in [0.1, 0.15) is 0 Å². The molecule has 21 heavy (non-hydrogen) atoms. The van der Waals surface area contributed by atoms with Gasteiger partial charge in [0.25, 0.3) is 5.56 Å². The van der Waals surface area contributed by atoms with Crippen LogP contribution in [0.4, 0.5) is 0 Å². The molecule has 1 aliphatic carbocycles. The van der Waals surface area contributed by atoms with Crippen molar-refractivity contribution in [2.24, 2.45) is 0 Å². The van der Waals surface area contributed by atoms with Gasteiger partial charge in [0, 0.05) is 12.0 Å². The van der Waals surface area contributed by atoms with E-state index in [9.17, 15) is 9.59 Å². The Bertz CT molecular complexity index is 749. The standard InChI is InChI=1S/C16H16N2O3/c19-15-13-7-2-1-6-12(13)14(17-18-15)9-10-4-3-5-11(8-10)16(20)21/h3-5,8H,1-2,6-7,9H2,(H,18,19)(H,20,21). The molecule has 3 rings (SSSR count). The minimum absolute atomic E-state index is 0.0901. The van der Waals surface area contributed by atoms with E-state index in [4.69, 9.17) is 5.11 Å². The molecule has 1 heterocycles. The minimum Gasteiger partial charge on any atom is -0.478 e. The molecular weight excluding hydrogens is 268 g/mol. The van der Waals surface area contributed by atoms with Crippen LogP contribution in [0.25, 0.3) is 0 Å². The van der Waals surface area contributed by atoms with Crippen LogP contribution >= 0.6 is 0 Å². The van der Waals surface area contributed by atoms with Gasteiger partial charge >= 0.3 is 5.97 Å². The highest BCUT2D eigenvalue weighted by Gasteiger charge is 2.18. The molecule has 0 amide bonds. The van der Waals surface area contributed by atoms with Gasteiger partial charge in [-0.25, -0.2) is 9.89 Å². The number of rotatable bonds is 3. The first kappa shape index (κ1) is 13.5. The van der Waals surface area contributed by atoms with E-state index in [1.807, 2.05) is 6.07 Å². The average Bonchev–Trinajstić information content (AvgIpc) is 2.51. The summed E-state index contributed by atoms with van der Waals surface area (Å²) in [7, 11) is 0. The molecule has 0 unspecified atom stereocenters. The molecule has 2 N–H and O–H groups in total. The Hall–Kier alpha value is -2.43. The summed E-state index contributed by atoms with van der Waals surface area (Å²) in [5.41, 5.74) is 3.82. The second-order valence-electron chi connectivity index (χ2n) is 5.35. The predicted octanol–water partition coefficient (Wildman–Crippen LogP) is 1.94. The van der Waals surface area contributed by atoms with Crippen LogP contribution in [0.3, 0.4) is 0 Å². The number of carboxylic acid groups (broad SMARTS) is 1. The number of hydrogen-bond acceptors (Lipinski definition) is 3. The van der Waals surface area contributed by atoms with Crippen LogP contribution in [-0.2, 0) is 19.3 Å². The first-order chi connectivity index (χ1) is 10.1. The molecule has 108 valence electrons. The summed E-state index contributed by atoms with van der Waals surface area (Å²) in [5.74, 6) is -0.937. The summed E-state index contributed by atoms with van der Waals surface area (Å²) >= 11 is 0. The Morgan fingerprint density at radius 1 is 1.24 bits per heavy atom. The normalized spacial score (nSPS) is 13.7. The number of nitrogens with one attached hydrogen (secondary N) is 1.